The fourth-order valence-corrected chi connectivity index (χ4v) is 6.80. The summed E-state index contributed by atoms with van der Waals surface area (Å²) >= 11 is 0. The van der Waals surface area contributed by atoms with Crippen molar-refractivity contribution in [3.63, 3.8) is 0 Å². The van der Waals surface area contributed by atoms with E-state index >= 15 is 0 Å². The fraction of sp³-hybridized carbons (Fsp3) is 0.367. The number of amides is 3. The van der Waals surface area contributed by atoms with Crippen LogP contribution in [0.4, 0.5) is 10.1 Å². The molecule has 6 heterocycles. The van der Waals surface area contributed by atoms with Gasteiger partial charge in [-0.3, -0.25) is 24.0 Å². The summed E-state index contributed by atoms with van der Waals surface area (Å²) in [6, 6.07) is 8.93. The second kappa shape index (κ2) is 10.8. The Morgan fingerprint density at radius 2 is 1.93 bits per heavy atom. The van der Waals surface area contributed by atoms with Gasteiger partial charge in [0.15, 0.2) is 5.69 Å². The molecule has 0 radical (unpaired) electrons. The number of pyridine rings is 1. The SMILES string of the molecule is NC(=O)c1nn(CC(=O)N2CC(F)CC2C(=O)Nc2cncc(C3CC4CCC3N4)c2)c2ccc(-c3ccnnc3)cc12. The number of nitrogens with one attached hydrogen (secondary N) is 2. The molecule has 3 amide bonds. The number of benzene rings is 1. The van der Waals surface area contributed by atoms with Crippen LogP contribution in [0.5, 0.6) is 0 Å². The molecule has 43 heavy (non-hydrogen) atoms. The molecule has 2 bridgehead atoms. The van der Waals surface area contributed by atoms with Gasteiger partial charge in [-0.2, -0.15) is 15.3 Å². The molecule has 3 aliphatic heterocycles. The van der Waals surface area contributed by atoms with Crippen LogP contribution in [0.3, 0.4) is 0 Å². The number of halogens is 1. The van der Waals surface area contributed by atoms with Crippen LogP contribution < -0.4 is 16.4 Å². The van der Waals surface area contributed by atoms with Crippen molar-refractivity contribution in [3.8, 4) is 11.1 Å². The Morgan fingerprint density at radius 3 is 2.67 bits per heavy atom. The second-order valence-electron chi connectivity index (χ2n) is 11.5. The number of hydrogen-bond acceptors (Lipinski definition) is 8. The number of hydrogen-bond donors (Lipinski definition) is 3. The molecular formula is C30H30FN9O3. The lowest BCUT2D eigenvalue weighted by Crippen LogP contribution is -2.44. The van der Waals surface area contributed by atoms with Crippen LogP contribution in [-0.4, -0.2) is 78.4 Å². The van der Waals surface area contributed by atoms with Crippen LogP contribution in [0.2, 0.25) is 0 Å². The van der Waals surface area contributed by atoms with Gasteiger partial charge in [0.1, 0.15) is 18.8 Å². The van der Waals surface area contributed by atoms with Gasteiger partial charge in [-0.1, -0.05) is 6.07 Å². The Bertz CT molecular complexity index is 1730. The van der Waals surface area contributed by atoms with Gasteiger partial charge in [0.2, 0.25) is 11.8 Å². The molecular weight excluding hydrogens is 553 g/mol. The maximum Gasteiger partial charge on any atom is 0.269 e. The molecule has 5 unspecified atom stereocenters. The van der Waals surface area contributed by atoms with Gasteiger partial charge < -0.3 is 21.3 Å². The van der Waals surface area contributed by atoms with Crippen LogP contribution in [0.25, 0.3) is 22.0 Å². The molecule has 12 nitrogen and oxygen atoms in total. The van der Waals surface area contributed by atoms with Gasteiger partial charge in [-0.25, -0.2) is 4.39 Å². The van der Waals surface area contributed by atoms with Gasteiger partial charge in [0, 0.05) is 41.6 Å². The first-order chi connectivity index (χ1) is 20.8. The number of carbonyl (C=O) groups excluding carboxylic acids is 3. The van der Waals surface area contributed by atoms with E-state index in [4.69, 9.17) is 5.73 Å². The lowest BCUT2D eigenvalue weighted by atomic mass is 9.84. The van der Waals surface area contributed by atoms with Gasteiger partial charge in [0.25, 0.3) is 5.91 Å². The summed E-state index contributed by atoms with van der Waals surface area (Å²) in [7, 11) is 0. The van der Waals surface area contributed by atoms with Crippen LogP contribution >= 0.6 is 0 Å². The van der Waals surface area contributed by atoms with Crippen LogP contribution in [0.15, 0.2) is 55.1 Å². The zero-order valence-electron chi connectivity index (χ0n) is 23.2. The Kier molecular flexibility index (Phi) is 6.80. The number of likely N-dealkylation sites (tertiary alicyclic amines) is 1. The Morgan fingerprint density at radius 1 is 1.05 bits per heavy atom. The summed E-state index contributed by atoms with van der Waals surface area (Å²) in [6.07, 6.45) is 8.43. The van der Waals surface area contributed by atoms with E-state index in [-0.39, 0.29) is 25.2 Å². The molecule has 220 valence electrons. The van der Waals surface area contributed by atoms with E-state index in [1.807, 2.05) is 18.3 Å². The maximum atomic E-state index is 14.7. The summed E-state index contributed by atoms with van der Waals surface area (Å²) in [5.74, 6) is -1.38. The zero-order valence-corrected chi connectivity index (χ0v) is 23.2. The largest absolute Gasteiger partial charge is 0.364 e. The number of primary amides is 1. The van der Waals surface area contributed by atoms with Gasteiger partial charge >= 0.3 is 0 Å². The molecule has 7 rings (SSSR count). The molecule has 4 N–H and O–H groups in total. The Hall–Kier alpha value is -4.78. The average Bonchev–Trinajstić information content (AvgIpc) is 3.81. The molecule has 0 saturated carbocycles. The predicted octanol–water partition coefficient (Wildman–Crippen LogP) is 2.17. The maximum absolute atomic E-state index is 14.7. The van der Waals surface area contributed by atoms with Gasteiger partial charge in [-0.15, -0.1) is 0 Å². The molecule has 0 aliphatic carbocycles. The number of fused-ring (bicyclic) bond motifs is 3. The molecule has 4 aromatic rings. The summed E-state index contributed by atoms with van der Waals surface area (Å²) in [4.78, 5) is 44.7. The molecule has 3 saturated heterocycles. The van der Waals surface area contributed by atoms with Crippen molar-refractivity contribution in [1.82, 2.24) is 35.2 Å². The van der Waals surface area contributed by atoms with Crippen molar-refractivity contribution in [2.45, 2.75) is 62.4 Å². The standard InChI is InChI=1S/C30H30FN9O3/c31-19-9-26(30(43)37-21-7-18(11-33-13-21)22-10-20-2-3-24(22)36-20)39(14-19)27(41)15-40-25-4-1-16(17-5-6-34-35-12-17)8-23(25)28(38-40)29(32)42/h1,4-8,11-13,19-20,22,24,26,36H,2-3,9-10,14-15H2,(H2,32,42)(H,37,43). The number of nitrogens with zero attached hydrogens (tertiary/aromatic N) is 6. The minimum Gasteiger partial charge on any atom is -0.364 e. The number of anilines is 1. The average molecular weight is 584 g/mol. The summed E-state index contributed by atoms with van der Waals surface area (Å²) in [6.45, 7) is -0.516. The van der Waals surface area contributed by atoms with Crippen molar-refractivity contribution in [1.29, 1.82) is 0 Å². The number of aromatic nitrogens is 5. The summed E-state index contributed by atoms with van der Waals surface area (Å²) < 4.78 is 16.0. The van der Waals surface area contributed by atoms with Crippen molar-refractivity contribution in [3.05, 3.63) is 66.4 Å². The van der Waals surface area contributed by atoms with E-state index in [1.54, 1.807) is 36.8 Å². The van der Waals surface area contributed by atoms with E-state index in [2.05, 4.69) is 30.9 Å². The van der Waals surface area contributed by atoms with Crippen molar-refractivity contribution in [2.24, 2.45) is 5.73 Å². The van der Waals surface area contributed by atoms with E-state index in [0.717, 1.165) is 29.5 Å². The highest BCUT2D eigenvalue weighted by atomic mass is 19.1. The predicted molar refractivity (Wildman–Crippen MR) is 154 cm³/mol. The Balaban J connectivity index is 1.10. The third kappa shape index (κ3) is 5.09. The second-order valence-corrected chi connectivity index (χ2v) is 11.5. The van der Waals surface area contributed by atoms with Crippen LogP contribution in [0.1, 0.15) is 47.7 Å². The first-order valence-electron chi connectivity index (χ1n) is 14.4. The van der Waals surface area contributed by atoms with Gasteiger partial charge in [-0.05, 0) is 54.7 Å². The minimum absolute atomic E-state index is 0.00353. The number of nitrogens with two attached hydrogens (primary N) is 1. The van der Waals surface area contributed by atoms with E-state index < -0.39 is 29.9 Å². The quantitative estimate of drug-likeness (QED) is 0.298. The monoisotopic (exact) mass is 583 g/mol. The molecule has 3 aliphatic rings. The lowest BCUT2D eigenvalue weighted by molar-refractivity contribution is -0.137. The summed E-state index contributed by atoms with van der Waals surface area (Å²) in [5.41, 5.74) is 9.24. The van der Waals surface area contributed by atoms with Crippen LogP contribution in [-0.2, 0) is 16.1 Å². The first-order valence-corrected chi connectivity index (χ1v) is 14.4. The fourth-order valence-electron chi connectivity index (χ4n) is 6.80. The zero-order chi connectivity index (χ0) is 29.7. The smallest absolute Gasteiger partial charge is 0.269 e. The van der Waals surface area contributed by atoms with Crippen LogP contribution in [0, 0.1) is 0 Å². The number of rotatable bonds is 7. The van der Waals surface area contributed by atoms with E-state index in [0.29, 0.717) is 34.6 Å². The highest BCUT2D eigenvalue weighted by Crippen LogP contribution is 2.40. The molecule has 0 spiro atoms. The summed E-state index contributed by atoms with van der Waals surface area (Å²) in [5, 5.41) is 18.9. The topological polar surface area (TPSA) is 161 Å². The molecule has 3 fully saturated rings. The molecule has 5 atom stereocenters. The number of carbonyl (C=O) groups is 3. The molecule has 13 heteroatoms. The highest BCUT2D eigenvalue weighted by Gasteiger charge is 2.41. The van der Waals surface area contributed by atoms with E-state index in [9.17, 15) is 18.8 Å². The Labute approximate surface area is 245 Å². The van der Waals surface area contributed by atoms with Crippen molar-refractivity contribution in [2.75, 3.05) is 11.9 Å². The molecule has 3 aromatic heterocycles. The molecule has 1 aromatic carbocycles. The third-order valence-electron chi connectivity index (χ3n) is 8.81. The van der Waals surface area contributed by atoms with Gasteiger partial charge in [0.05, 0.1) is 36.3 Å². The van der Waals surface area contributed by atoms with Crippen molar-refractivity contribution < 1.29 is 18.8 Å². The first kappa shape index (κ1) is 27.1. The minimum atomic E-state index is -1.35. The number of alkyl halides is 1. The normalized spacial score (nSPS) is 24.5. The van der Waals surface area contributed by atoms with Crippen molar-refractivity contribution >= 4 is 34.3 Å². The van der Waals surface area contributed by atoms with E-state index in [1.165, 1.54) is 16.0 Å². The third-order valence-corrected chi connectivity index (χ3v) is 8.81. The lowest BCUT2D eigenvalue weighted by Gasteiger charge is -2.24. The highest BCUT2D eigenvalue weighted by molar-refractivity contribution is 6.05.